The topological polar surface area (TPSA) is 82.8 Å². The van der Waals surface area contributed by atoms with Crippen molar-refractivity contribution in [2.75, 3.05) is 13.1 Å². The van der Waals surface area contributed by atoms with Crippen molar-refractivity contribution in [1.29, 1.82) is 0 Å². The summed E-state index contributed by atoms with van der Waals surface area (Å²) in [4.78, 5) is 25.6. The van der Waals surface area contributed by atoms with Gasteiger partial charge in [0.15, 0.2) is 11.4 Å². The van der Waals surface area contributed by atoms with Crippen LogP contribution in [0.5, 0.6) is 0 Å². The third-order valence-corrected chi connectivity index (χ3v) is 3.77. The van der Waals surface area contributed by atoms with Crippen LogP contribution in [0.25, 0.3) is 0 Å². The fraction of sp³-hybridized carbons (Fsp3) is 0.571. The van der Waals surface area contributed by atoms with Gasteiger partial charge in [0.25, 0.3) is 5.91 Å². The summed E-state index contributed by atoms with van der Waals surface area (Å²) in [5.41, 5.74) is -3.03. The van der Waals surface area contributed by atoms with Crippen LogP contribution in [0.1, 0.15) is 30.3 Å². The molecule has 2 N–H and O–H groups in total. The van der Waals surface area contributed by atoms with Gasteiger partial charge in [-0.1, -0.05) is 0 Å². The fourth-order valence-electron chi connectivity index (χ4n) is 2.30. The Kier molecular flexibility index (Phi) is 4.69. The highest BCUT2D eigenvalue weighted by molar-refractivity contribution is 5.95. The second-order valence-corrected chi connectivity index (χ2v) is 5.62. The van der Waals surface area contributed by atoms with Crippen LogP contribution in [-0.2, 0) is 4.79 Å². The number of furan rings is 1. The van der Waals surface area contributed by atoms with Crippen LogP contribution in [-0.4, -0.2) is 52.7 Å². The Morgan fingerprint density at radius 3 is 2.74 bits per heavy atom. The smallest absolute Gasteiger partial charge is 0.418 e. The number of aliphatic hydroxyl groups is 1. The van der Waals surface area contributed by atoms with Gasteiger partial charge in [-0.2, -0.15) is 13.2 Å². The zero-order valence-corrected chi connectivity index (χ0v) is 12.4. The normalized spacial score (nSPS) is 21.1. The Hall–Kier alpha value is -2.03. The molecule has 6 nitrogen and oxygen atoms in total. The highest BCUT2D eigenvalue weighted by Crippen LogP contribution is 2.29. The Balaban J connectivity index is 2.00. The van der Waals surface area contributed by atoms with Gasteiger partial charge in [0, 0.05) is 6.54 Å². The van der Waals surface area contributed by atoms with Crippen LogP contribution in [0, 0.1) is 0 Å². The van der Waals surface area contributed by atoms with Crippen LogP contribution in [0.3, 0.4) is 0 Å². The summed E-state index contributed by atoms with van der Waals surface area (Å²) in [6, 6.07) is 2.10. The van der Waals surface area contributed by atoms with Crippen molar-refractivity contribution in [3.05, 3.63) is 24.2 Å². The number of carbonyl (C=O) groups is 2. The van der Waals surface area contributed by atoms with Crippen molar-refractivity contribution >= 4 is 11.8 Å². The molecule has 9 heteroatoms. The van der Waals surface area contributed by atoms with Crippen molar-refractivity contribution < 1.29 is 32.3 Å². The summed E-state index contributed by atoms with van der Waals surface area (Å²) < 4.78 is 42.7. The molecule has 128 valence electrons. The van der Waals surface area contributed by atoms with E-state index in [-0.39, 0.29) is 5.76 Å². The molecule has 1 aromatic heterocycles. The molecule has 0 radical (unpaired) electrons. The second-order valence-electron chi connectivity index (χ2n) is 5.62. The lowest BCUT2D eigenvalue weighted by molar-refractivity contribution is -0.250. The van der Waals surface area contributed by atoms with Crippen molar-refractivity contribution in [2.45, 2.75) is 37.6 Å². The minimum atomic E-state index is -4.86. The zero-order valence-electron chi connectivity index (χ0n) is 12.4. The summed E-state index contributed by atoms with van der Waals surface area (Å²) in [5.74, 6) is -1.16. The van der Waals surface area contributed by atoms with Crippen molar-refractivity contribution in [1.82, 2.24) is 10.2 Å². The molecule has 1 aliphatic heterocycles. The molecule has 2 unspecified atom stereocenters. The molecular weight excluding hydrogens is 317 g/mol. The van der Waals surface area contributed by atoms with Gasteiger partial charge < -0.3 is 19.7 Å². The first-order valence-corrected chi connectivity index (χ1v) is 7.05. The third-order valence-electron chi connectivity index (χ3n) is 3.77. The first-order valence-electron chi connectivity index (χ1n) is 7.05. The molecule has 0 aromatic carbocycles. The summed E-state index contributed by atoms with van der Waals surface area (Å²) in [6.07, 6.45) is -2.65. The maximum absolute atomic E-state index is 12.6. The van der Waals surface area contributed by atoms with Crippen LogP contribution >= 0.6 is 0 Å². The van der Waals surface area contributed by atoms with E-state index in [2.05, 4.69) is 5.32 Å². The molecule has 0 saturated carbocycles. The lowest BCUT2D eigenvalue weighted by Crippen LogP contribution is -2.54. The van der Waals surface area contributed by atoms with Crippen LogP contribution in [0.2, 0.25) is 0 Å². The van der Waals surface area contributed by atoms with E-state index < -0.39 is 36.2 Å². The maximum atomic E-state index is 12.6. The maximum Gasteiger partial charge on any atom is 0.418 e. The molecule has 1 aromatic rings. The first-order chi connectivity index (χ1) is 10.6. The zero-order chi connectivity index (χ0) is 17.3. The highest BCUT2D eigenvalue weighted by atomic mass is 19.4. The number of alkyl halides is 3. The number of rotatable bonds is 4. The molecule has 23 heavy (non-hydrogen) atoms. The quantitative estimate of drug-likeness (QED) is 0.870. The molecular formula is C14H17F3N2O4. The molecule has 2 heterocycles. The Labute approximate surface area is 130 Å². The summed E-state index contributed by atoms with van der Waals surface area (Å²) in [7, 11) is 0. The molecule has 1 saturated heterocycles. The number of nitrogens with zero attached hydrogens (tertiary/aromatic N) is 1. The number of amides is 2. The number of carbonyl (C=O) groups excluding carboxylic acids is 2. The molecule has 0 spiro atoms. The average Bonchev–Trinajstić information content (AvgIpc) is 3.13. The minimum absolute atomic E-state index is 0.0620. The van der Waals surface area contributed by atoms with Crippen LogP contribution < -0.4 is 5.32 Å². The molecule has 2 atom stereocenters. The van der Waals surface area contributed by atoms with Gasteiger partial charge in [-0.3, -0.25) is 9.59 Å². The van der Waals surface area contributed by atoms with Gasteiger partial charge in [-0.15, -0.1) is 0 Å². The molecule has 1 fully saturated rings. The molecule has 0 aliphatic carbocycles. The van der Waals surface area contributed by atoms with Crippen molar-refractivity contribution in [2.24, 2.45) is 0 Å². The van der Waals surface area contributed by atoms with E-state index in [9.17, 15) is 27.9 Å². The average molecular weight is 334 g/mol. The van der Waals surface area contributed by atoms with E-state index >= 15 is 0 Å². The van der Waals surface area contributed by atoms with Gasteiger partial charge in [0.1, 0.15) is 6.04 Å². The van der Waals surface area contributed by atoms with E-state index in [1.807, 2.05) is 0 Å². The SMILES string of the molecule is CC(O)(CNC(=O)C1CCCN1C(=O)c1ccco1)C(F)(F)F. The molecule has 2 rings (SSSR count). The number of likely N-dealkylation sites (tertiary alicyclic amines) is 1. The van der Waals surface area contributed by atoms with E-state index in [1.165, 1.54) is 23.3 Å². The van der Waals surface area contributed by atoms with E-state index in [0.29, 0.717) is 26.3 Å². The molecule has 0 bridgehead atoms. The lowest BCUT2D eigenvalue weighted by atomic mass is 10.1. The number of halogens is 3. The predicted octanol–water partition coefficient (Wildman–Crippen LogP) is 1.31. The first kappa shape index (κ1) is 17.3. The molecule has 2 amide bonds. The van der Waals surface area contributed by atoms with Gasteiger partial charge >= 0.3 is 6.18 Å². The monoisotopic (exact) mass is 334 g/mol. The van der Waals surface area contributed by atoms with Crippen molar-refractivity contribution in [3.8, 4) is 0 Å². The lowest BCUT2D eigenvalue weighted by Gasteiger charge is -2.28. The van der Waals surface area contributed by atoms with Crippen LogP contribution in [0.4, 0.5) is 13.2 Å². The number of hydrogen-bond donors (Lipinski definition) is 2. The minimum Gasteiger partial charge on any atom is -0.459 e. The standard InChI is InChI=1S/C14H17F3N2O4/c1-13(22,14(15,16)17)8-18-11(20)9-4-2-6-19(9)12(21)10-5-3-7-23-10/h3,5,7,9,22H,2,4,6,8H2,1H3,(H,18,20). The predicted molar refractivity (Wildman–Crippen MR) is 72.5 cm³/mol. The van der Waals surface area contributed by atoms with Gasteiger partial charge in [-0.25, -0.2) is 0 Å². The second kappa shape index (κ2) is 6.23. The van der Waals surface area contributed by atoms with Crippen molar-refractivity contribution in [3.63, 3.8) is 0 Å². The Morgan fingerprint density at radius 1 is 1.48 bits per heavy atom. The highest BCUT2D eigenvalue weighted by Gasteiger charge is 2.50. The van der Waals surface area contributed by atoms with Gasteiger partial charge in [0.2, 0.25) is 5.91 Å². The fourth-order valence-corrected chi connectivity index (χ4v) is 2.30. The van der Waals surface area contributed by atoms with E-state index in [0.717, 1.165) is 0 Å². The van der Waals surface area contributed by atoms with E-state index in [1.54, 1.807) is 0 Å². The number of nitrogens with one attached hydrogen (secondary N) is 1. The Morgan fingerprint density at radius 2 is 2.17 bits per heavy atom. The van der Waals surface area contributed by atoms with Gasteiger partial charge in [-0.05, 0) is 31.9 Å². The summed E-state index contributed by atoms with van der Waals surface area (Å²) in [5, 5.41) is 11.4. The largest absolute Gasteiger partial charge is 0.459 e. The van der Waals surface area contributed by atoms with Crippen LogP contribution in [0.15, 0.2) is 22.8 Å². The number of hydrogen-bond acceptors (Lipinski definition) is 4. The molecule has 1 aliphatic rings. The summed E-state index contributed by atoms with van der Waals surface area (Å²) in [6.45, 7) is -0.0877. The van der Waals surface area contributed by atoms with E-state index in [4.69, 9.17) is 4.42 Å². The summed E-state index contributed by atoms with van der Waals surface area (Å²) >= 11 is 0. The third kappa shape index (κ3) is 3.66. The Bertz CT molecular complexity index is 569. The van der Waals surface area contributed by atoms with Gasteiger partial charge in [0.05, 0.1) is 12.8 Å².